The monoisotopic (exact) mass is 642 g/mol. The number of rotatable bonds is 8. The van der Waals surface area contributed by atoms with Gasteiger partial charge in [0.25, 0.3) is 0 Å². The van der Waals surface area contributed by atoms with Gasteiger partial charge >= 0.3 is 24.1 Å². The van der Waals surface area contributed by atoms with Crippen molar-refractivity contribution in [2.75, 3.05) is 13.2 Å². The van der Waals surface area contributed by atoms with Gasteiger partial charge in [0.1, 0.15) is 5.75 Å². The first-order chi connectivity index (χ1) is 12.7. The number of nitrogens with zero attached hydrogens (tertiary/aromatic N) is 1. The lowest BCUT2D eigenvalue weighted by atomic mass is 10.2. The molecule has 0 aliphatic carbocycles. The molecule has 0 aromatic heterocycles. The van der Waals surface area contributed by atoms with Crippen molar-refractivity contribution in [3.05, 3.63) is 24.8 Å². The number of esters is 1. The topological polar surface area (TPSA) is 59.9 Å². The average molecular weight is 642 g/mol. The van der Waals surface area contributed by atoms with Crippen LogP contribution in [0.4, 0.5) is 30.7 Å². The summed E-state index contributed by atoms with van der Waals surface area (Å²) in [6, 6.07) is -2.99. The zero-order valence-electron chi connectivity index (χ0n) is 13.7. The number of benzene rings is 1. The minimum Gasteiger partial charge on any atom is -0.480 e. The highest BCUT2D eigenvalue weighted by molar-refractivity contribution is 14.1. The highest BCUT2D eigenvalue weighted by atomic mass is 127. The lowest BCUT2D eigenvalue weighted by Gasteiger charge is -2.27. The van der Waals surface area contributed by atoms with Crippen LogP contribution in [-0.2, 0) is 9.53 Å². The number of alkyl halides is 7. The quantitative estimate of drug-likeness (QED) is 0.113. The summed E-state index contributed by atoms with van der Waals surface area (Å²) in [4.78, 5) is 11.3. The maximum absolute atomic E-state index is 13.1. The zero-order chi connectivity index (χ0) is 21.8. The molecule has 0 bridgehead atoms. The van der Waals surface area contributed by atoms with Crippen LogP contribution in [-0.4, -0.2) is 43.5 Å². The van der Waals surface area contributed by atoms with Crippen LogP contribution in [0.3, 0.4) is 0 Å². The van der Waals surface area contributed by atoms with Crippen LogP contribution in [0.5, 0.6) is 5.75 Å². The lowest BCUT2D eigenvalue weighted by molar-refractivity contribution is -0.361. The van der Waals surface area contributed by atoms with Gasteiger partial charge in [-0.05, 0) is 69.8 Å². The van der Waals surface area contributed by atoms with Crippen molar-refractivity contribution in [1.29, 1.82) is 0 Å². The van der Waals surface area contributed by atoms with E-state index in [0.717, 1.165) is 0 Å². The first kappa shape index (κ1) is 25.0. The SMILES string of the molecule is CCOC(=O)COc1c(I)cc(/C=N/NC(F)(F)C(F)(F)C(F)(F)F)cc1I. The maximum atomic E-state index is 13.1. The smallest absolute Gasteiger partial charge is 0.462 e. The molecule has 0 amide bonds. The van der Waals surface area contributed by atoms with E-state index in [-0.39, 0.29) is 24.5 Å². The Hall–Kier alpha value is -1.07. The Balaban J connectivity index is 2.89. The molecule has 28 heavy (non-hydrogen) atoms. The number of hydrogen-bond acceptors (Lipinski definition) is 5. The normalized spacial score (nSPS) is 12.9. The van der Waals surface area contributed by atoms with Gasteiger partial charge in [-0.3, -0.25) is 0 Å². The Morgan fingerprint density at radius 1 is 1.14 bits per heavy atom. The molecule has 0 spiro atoms. The molecule has 1 rings (SSSR count). The van der Waals surface area contributed by atoms with Gasteiger partial charge < -0.3 is 9.47 Å². The van der Waals surface area contributed by atoms with E-state index in [1.807, 2.05) is 0 Å². The van der Waals surface area contributed by atoms with E-state index >= 15 is 0 Å². The highest BCUT2D eigenvalue weighted by Crippen LogP contribution is 2.45. The van der Waals surface area contributed by atoms with Crippen molar-refractivity contribution in [2.24, 2.45) is 5.10 Å². The third-order valence-electron chi connectivity index (χ3n) is 2.83. The summed E-state index contributed by atoms with van der Waals surface area (Å²) in [6.07, 6.45) is -5.82. The van der Waals surface area contributed by atoms with E-state index in [9.17, 15) is 35.5 Å². The van der Waals surface area contributed by atoms with Crippen LogP contribution >= 0.6 is 45.2 Å². The molecule has 5 nitrogen and oxygen atoms in total. The molecule has 0 aliphatic heterocycles. The van der Waals surface area contributed by atoms with Crippen LogP contribution in [0.25, 0.3) is 0 Å². The third kappa shape index (κ3) is 6.21. The second kappa shape index (κ2) is 9.62. The van der Waals surface area contributed by atoms with Gasteiger partial charge in [-0.2, -0.15) is 35.8 Å². The number of carbonyl (C=O) groups is 1. The molecule has 0 saturated heterocycles. The second-order valence-electron chi connectivity index (χ2n) is 4.92. The molecule has 0 saturated carbocycles. The molecule has 14 heteroatoms. The molecule has 0 fully saturated rings. The molecule has 158 valence electrons. The Morgan fingerprint density at radius 3 is 2.14 bits per heavy atom. The number of carbonyl (C=O) groups excluding carboxylic acids is 1. The fourth-order valence-electron chi connectivity index (χ4n) is 1.56. The lowest BCUT2D eigenvalue weighted by Crippen LogP contribution is -2.58. The number of hydrazone groups is 1. The van der Waals surface area contributed by atoms with Gasteiger partial charge in [-0.25, -0.2) is 10.2 Å². The Morgan fingerprint density at radius 2 is 1.68 bits per heavy atom. The van der Waals surface area contributed by atoms with Crippen molar-refractivity contribution < 1.29 is 45.0 Å². The molecule has 1 aromatic rings. The molecule has 0 radical (unpaired) electrons. The first-order valence-electron chi connectivity index (χ1n) is 7.13. The van der Waals surface area contributed by atoms with Gasteiger partial charge in [-0.15, -0.1) is 0 Å². The summed E-state index contributed by atoms with van der Waals surface area (Å²) in [7, 11) is 0. The predicted octanol–water partition coefficient (Wildman–Crippen LogP) is 4.55. The van der Waals surface area contributed by atoms with E-state index in [1.165, 1.54) is 12.1 Å². The summed E-state index contributed by atoms with van der Waals surface area (Å²) in [5.41, 5.74) is 0.638. The van der Waals surface area contributed by atoms with Gasteiger partial charge in [0, 0.05) is 0 Å². The fraction of sp³-hybridized carbons (Fsp3) is 0.429. The Bertz CT molecular complexity index is 719. The summed E-state index contributed by atoms with van der Waals surface area (Å²) in [6.45, 7) is 1.39. The van der Waals surface area contributed by atoms with Gasteiger partial charge in [-0.1, -0.05) is 0 Å². The molecule has 1 aromatic carbocycles. The van der Waals surface area contributed by atoms with E-state index in [4.69, 9.17) is 9.47 Å². The second-order valence-corrected chi connectivity index (χ2v) is 7.25. The van der Waals surface area contributed by atoms with E-state index in [1.54, 1.807) is 52.1 Å². The van der Waals surface area contributed by atoms with Crippen LogP contribution in [0.15, 0.2) is 17.2 Å². The van der Waals surface area contributed by atoms with E-state index < -0.39 is 24.1 Å². The van der Waals surface area contributed by atoms with E-state index in [0.29, 0.717) is 18.8 Å². The van der Waals surface area contributed by atoms with Crippen molar-refractivity contribution in [3.8, 4) is 5.75 Å². The van der Waals surface area contributed by atoms with E-state index in [2.05, 4.69) is 5.10 Å². The summed E-state index contributed by atoms with van der Waals surface area (Å²) < 4.78 is 98.6. The molecule has 0 heterocycles. The Kier molecular flexibility index (Phi) is 8.58. The molecule has 0 aliphatic rings. The van der Waals surface area contributed by atoms with Crippen LogP contribution < -0.4 is 10.2 Å². The van der Waals surface area contributed by atoms with Crippen molar-refractivity contribution in [2.45, 2.75) is 25.1 Å². The minimum atomic E-state index is -6.46. The van der Waals surface area contributed by atoms with Crippen molar-refractivity contribution in [3.63, 3.8) is 0 Å². The molecule has 0 atom stereocenters. The minimum absolute atomic E-state index is 0.107. The van der Waals surface area contributed by atoms with Crippen LogP contribution in [0, 0.1) is 7.14 Å². The van der Waals surface area contributed by atoms with Crippen molar-refractivity contribution >= 4 is 57.4 Å². The standard InChI is InChI=1S/C14H11F7I2N2O3/c1-2-27-10(26)6-28-11-8(22)3-7(4-9(11)23)5-24-25-14(20,21)12(15,16)13(17,18)19/h3-5,25H,2,6H2,1H3/b24-5+. The third-order valence-corrected chi connectivity index (χ3v) is 4.43. The largest absolute Gasteiger partial charge is 0.480 e. The summed E-state index contributed by atoms with van der Waals surface area (Å²) in [5.74, 6) is -6.66. The fourth-order valence-corrected chi connectivity index (χ4v) is 3.69. The molecular weight excluding hydrogens is 631 g/mol. The number of ether oxygens (including phenoxy) is 2. The average Bonchev–Trinajstić information content (AvgIpc) is 2.53. The summed E-state index contributed by atoms with van der Waals surface area (Å²) >= 11 is 3.58. The maximum Gasteiger partial charge on any atom is 0.462 e. The van der Waals surface area contributed by atoms with Crippen LogP contribution in [0.1, 0.15) is 12.5 Å². The number of nitrogens with one attached hydrogen (secondary N) is 1. The van der Waals surface area contributed by atoms with Gasteiger partial charge in [0.05, 0.1) is 20.0 Å². The number of halogens is 9. The molecular formula is C14H11F7I2N2O3. The highest BCUT2D eigenvalue weighted by Gasteiger charge is 2.73. The van der Waals surface area contributed by atoms with Gasteiger partial charge in [0.2, 0.25) is 0 Å². The molecule has 0 unspecified atom stereocenters. The van der Waals surface area contributed by atoms with Crippen molar-refractivity contribution in [1.82, 2.24) is 5.43 Å². The first-order valence-corrected chi connectivity index (χ1v) is 9.28. The molecule has 1 N–H and O–H groups in total. The van der Waals surface area contributed by atoms with Gasteiger partial charge in [0.15, 0.2) is 6.61 Å². The summed E-state index contributed by atoms with van der Waals surface area (Å²) in [5, 5.41) is 2.78. The number of hydrogen-bond donors (Lipinski definition) is 1. The Labute approximate surface area is 181 Å². The van der Waals surface area contributed by atoms with Crippen LogP contribution in [0.2, 0.25) is 0 Å². The predicted molar refractivity (Wildman–Crippen MR) is 101 cm³/mol. The zero-order valence-corrected chi connectivity index (χ0v) is 18.0.